The SMILES string of the molecule is CC(C)CC(CCOCN)CC(=O)O. The largest absolute Gasteiger partial charge is 0.481 e. The zero-order valence-corrected chi connectivity index (χ0v) is 9.03. The van der Waals surface area contributed by atoms with Crippen molar-refractivity contribution in [3.05, 3.63) is 0 Å². The van der Waals surface area contributed by atoms with Gasteiger partial charge in [-0.2, -0.15) is 0 Å². The molecule has 0 saturated heterocycles. The van der Waals surface area contributed by atoms with E-state index in [1.54, 1.807) is 0 Å². The third-order valence-electron chi connectivity index (χ3n) is 2.06. The minimum Gasteiger partial charge on any atom is -0.481 e. The maximum absolute atomic E-state index is 10.6. The molecule has 0 saturated carbocycles. The molecule has 0 amide bonds. The Hall–Kier alpha value is -0.610. The fourth-order valence-electron chi connectivity index (χ4n) is 1.55. The lowest BCUT2D eigenvalue weighted by atomic mass is 9.92. The smallest absolute Gasteiger partial charge is 0.303 e. The van der Waals surface area contributed by atoms with Gasteiger partial charge in [0.1, 0.15) is 0 Å². The molecule has 0 rings (SSSR count). The van der Waals surface area contributed by atoms with Crippen LogP contribution in [0.3, 0.4) is 0 Å². The van der Waals surface area contributed by atoms with Gasteiger partial charge in [0.05, 0.1) is 6.73 Å². The summed E-state index contributed by atoms with van der Waals surface area (Å²) in [5, 5.41) is 8.69. The van der Waals surface area contributed by atoms with Gasteiger partial charge < -0.3 is 15.6 Å². The molecule has 84 valence electrons. The summed E-state index contributed by atoms with van der Waals surface area (Å²) in [4.78, 5) is 10.6. The van der Waals surface area contributed by atoms with Crippen molar-refractivity contribution in [1.82, 2.24) is 0 Å². The number of carboxylic acids is 1. The van der Waals surface area contributed by atoms with Gasteiger partial charge in [0.15, 0.2) is 0 Å². The van der Waals surface area contributed by atoms with Crippen LogP contribution in [0.25, 0.3) is 0 Å². The third-order valence-corrected chi connectivity index (χ3v) is 2.06. The van der Waals surface area contributed by atoms with Crippen LogP contribution in [-0.4, -0.2) is 24.4 Å². The van der Waals surface area contributed by atoms with Crippen LogP contribution in [-0.2, 0) is 9.53 Å². The van der Waals surface area contributed by atoms with E-state index in [0.29, 0.717) is 12.5 Å². The average Bonchev–Trinajstić information content (AvgIpc) is 2.02. The fourth-order valence-corrected chi connectivity index (χ4v) is 1.55. The number of ether oxygens (including phenoxy) is 1. The number of rotatable bonds is 8. The number of carboxylic acid groups (broad SMARTS) is 1. The summed E-state index contributed by atoms with van der Waals surface area (Å²) >= 11 is 0. The zero-order valence-electron chi connectivity index (χ0n) is 9.03. The first-order valence-corrected chi connectivity index (χ1v) is 5.05. The van der Waals surface area contributed by atoms with Crippen molar-refractivity contribution in [2.75, 3.05) is 13.3 Å². The number of hydrogen-bond acceptors (Lipinski definition) is 3. The maximum Gasteiger partial charge on any atom is 0.303 e. The van der Waals surface area contributed by atoms with Gasteiger partial charge in [0, 0.05) is 13.0 Å². The molecule has 1 atom stereocenters. The molecule has 0 aromatic carbocycles. The fraction of sp³-hybridized carbons (Fsp3) is 0.900. The first-order valence-electron chi connectivity index (χ1n) is 5.05. The Morgan fingerprint density at radius 1 is 1.50 bits per heavy atom. The van der Waals surface area contributed by atoms with Crippen LogP contribution in [0.2, 0.25) is 0 Å². The zero-order chi connectivity index (χ0) is 11.0. The van der Waals surface area contributed by atoms with E-state index < -0.39 is 5.97 Å². The third kappa shape index (κ3) is 8.01. The standard InChI is InChI=1S/C10H21NO3/c1-8(2)5-9(6-10(12)13)3-4-14-7-11/h8-9H,3-7,11H2,1-2H3,(H,12,13). The normalized spacial score (nSPS) is 13.1. The van der Waals surface area contributed by atoms with Gasteiger partial charge >= 0.3 is 5.97 Å². The second-order valence-corrected chi connectivity index (χ2v) is 3.96. The van der Waals surface area contributed by atoms with Crippen LogP contribution < -0.4 is 5.73 Å². The van der Waals surface area contributed by atoms with Crippen LogP contribution >= 0.6 is 0 Å². The summed E-state index contributed by atoms with van der Waals surface area (Å²) in [6.07, 6.45) is 1.94. The van der Waals surface area contributed by atoms with Crippen molar-refractivity contribution in [2.45, 2.75) is 33.1 Å². The minimum absolute atomic E-state index is 0.207. The van der Waals surface area contributed by atoms with Crippen LogP contribution in [0.15, 0.2) is 0 Å². The van der Waals surface area contributed by atoms with E-state index >= 15 is 0 Å². The second-order valence-electron chi connectivity index (χ2n) is 3.96. The lowest BCUT2D eigenvalue weighted by molar-refractivity contribution is -0.138. The van der Waals surface area contributed by atoms with E-state index in [2.05, 4.69) is 13.8 Å². The molecule has 0 fully saturated rings. The molecule has 0 heterocycles. The Bertz CT molecular complexity index is 159. The Morgan fingerprint density at radius 2 is 2.14 bits per heavy atom. The van der Waals surface area contributed by atoms with E-state index in [0.717, 1.165) is 12.8 Å². The molecule has 14 heavy (non-hydrogen) atoms. The maximum atomic E-state index is 10.6. The van der Waals surface area contributed by atoms with Crippen molar-refractivity contribution < 1.29 is 14.6 Å². The van der Waals surface area contributed by atoms with Crippen molar-refractivity contribution >= 4 is 5.97 Å². The summed E-state index contributed by atoms with van der Waals surface area (Å²) in [5.74, 6) is -0.000301. The molecule has 0 spiro atoms. The van der Waals surface area contributed by atoms with Gasteiger partial charge in [-0.3, -0.25) is 4.79 Å². The number of hydrogen-bond donors (Lipinski definition) is 2. The molecular formula is C10H21NO3. The van der Waals surface area contributed by atoms with Crippen LogP contribution in [0.4, 0.5) is 0 Å². The van der Waals surface area contributed by atoms with E-state index in [4.69, 9.17) is 15.6 Å². The lowest BCUT2D eigenvalue weighted by Crippen LogP contribution is -2.14. The predicted octanol–water partition coefficient (Wildman–Crippen LogP) is 1.45. The minimum atomic E-state index is -0.733. The molecule has 4 nitrogen and oxygen atoms in total. The number of aliphatic carboxylic acids is 1. The summed E-state index contributed by atoms with van der Waals surface area (Å²) < 4.78 is 5.01. The van der Waals surface area contributed by atoms with Crippen molar-refractivity contribution in [3.63, 3.8) is 0 Å². The molecule has 0 aromatic heterocycles. The average molecular weight is 203 g/mol. The first kappa shape index (κ1) is 13.4. The molecular weight excluding hydrogens is 182 g/mol. The van der Waals surface area contributed by atoms with Gasteiger partial charge in [-0.15, -0.1) is 0 Å². The van der Waals surface area contributed by atoms with Gasteiger partial charge in [-0.05, 0) is 24.7 Å². The molecule has 0 bridgehead atoms. The molecule has 0 radical (unpaired) electrons. The predicted molar refractivity (Wildman–Crippen MR) is 54.8 cm³/mol. The van der Waals surface area contributed by atoms with E-state index in [1.807, 2.05) is 0 Å². The van der Waals surface area contributed by atoms with Crippen LogP contribution in [0, 0.1) is 11.8 Å². The van der Waals surface area contributed by atoms with Crippen molar-refractivity contribution in [1.29, 1.82) is 0 Å². The number of nitrogens with two attached hydrogens (primary N) is 1. The molecule has 0 aliphatic heterocycles. The van der Waals surface area contributed by atoms with Crippen LogP contribution in [0.1, 0.15) is 33.1 Å². The van der Waals surface area contributed by atoms with Crippen molar-refractivity contribution in [3.8, 4) is 0 Å². The molecule has 0 aliphatic rings. The van der Waals surface area contributed by atoms with Crippen LogP contribution in [0.5, 0.6) is 0 Å². The highest BCUT2D eigenvalue weighted by Crippen LogP contribution is 2.19. The summed E-state index contributed by atoms with van der Waals surface area (Å²) in [6.45, 7) is 4.96. The molecule has 4 heteroatoms. The molecule has 0 aliphatic carbocycles. The van der Waals surface area contributed by atoms with Gasteiger partial charge in [0.25, 0.3) is 0 Å². The Morgan fingerprint density at radius 3 is 2.57 bits per heavy atom. The molecule has 3 N–H and O–H groups in total. The number of carbonyl (C=O) groups is 1. The Balaban J connectivity index is 3.78. The highest BCUT2D eigenvalue weighted by atomic mass is 16.5. The van der Waals surface area contributed by atoms with E-state index in [9.17, 15) is 4.79 Å². The Labute approximate surface area is 85.4 Å². The first-order chi connectivity index (χ1) is 6.56. The highest BCUT2D eigenvalue weighted by molar-refractivity contribution is 5.66. The van der Waals surface area contributed by atoms with E-state index in [-0.39, 0.29) is 19.1 Å². The topological polar surface area (TPSA) is 72.5 Å². The molecule has 1 unspecified atom stereocenters. The van der Waals surface area contributed by atoms with Crippen molar-refractivity contribution in [2.24, 2.45) is 17.6 Å². The molecule has 0 aromatic rings. The summed E-state index contributed by atoms with van der Waals surface area (Å²) in [5.41, 5.74) is 5.18. The van der Waals surface area contributed by atoms with Gasteiger partial charge in [0.2, 0.25) is 0 Å². The van der Waals surface area contributed by atoms with Gasteiger partial charge in [-0.25, -0.2) is 0 Å². The van der Waals surface area contributed by atoms with Gasteiger partial charge in [-0.1, -0.05) is 13.8 Å². The van der Waals surface area contributed by atoms with E-state index in [1.165, 1.54) is 0 Å². The summed E-state index contributed by atoms with van der Waals surface area (Å²) in [6, 6.07) is 0. The highest BCUT2D eigenvalue weighted by Gasteiger charge is 2.14. The second kappa shape index (κ2) is 7.76. The lowest BCUT2D eigenvalue weighted by Gasteiger charge is -2.16. The Kier molecular flexibility index (Phi) is 7.42. The monoisotopic (exact) mass is 203 g/mol. The summed E-state index contributed by atoms with van der Waals surface area (Å²) in [7, 11) is 0. The quantitative estimate of drug-likeness (QED) is 0.462.